The number of esters is 2. The number of hydrogen-bond acceptors (Lipinski definition) is 8. The number of allylic oxidation sites excluding steroid dienone is 24. The number of hydrogen-bond donors (Lipinski definition) is 2. The number of rotatable bonds is 73. The van der Waals surface area contributed by atoms with E-state index >= 15 is 0 Å². The zero-order valence-corrected chi connectivity index (χ0v) is 62.3. The quantitative estimate of drug-likeness (QED) is 0.0264. The highest BCUT2D eigenvalue weighted by molar-refractivity contribution is 7.47. The van der Waals surface area contributed by atoms with Crippen LogP contribution in [-0.2, 0) is 32.7 Å². The van der Waals surface area contributed by atoms with Crippen molar-refractivity contribution in [1.29, 1.82) is 0 Å². The molecule has 0 aromatic carbocycles. The van der Waals surface area contributed by atoms with Crippen molar-refractivity contribution in [3.05, 3.63) is 146 Å². The summed E-state index contributed by atoms with van der Waals surface area (Å²) in [5, 5.41) is 0. The van der Waals surface area contributed by atoms with Crippen LogP contribution in [0.4, 0.5) is 0 Å². The third-order valence-electron chi connectivity index (χ3n) is 16.7. The molecule has 0 amide bonds. The molecule has 2 atom stereocenters. The van der Waals surface area contributed by atoms with Gasteiger partial charge in [-0.2, -0.15) is 0 Å². The Kier molecular flexibility index (Phi) is 75.5. The fourth-order valence-corrected chi connectivity index (χ4v) is 11.8. The summed E-state index contributed by atoms with van der Waals surface area (Å²) in [4.78, 5) is 35.5. The first-order chi connectivity index (χ1) is 46.8. The molecule has 0 bridgehead atoms. The molecule has 2 unspecified atom stereocenters. The molecule has 544 valence electrons. The normalized spacial score (nSPS) is 13.7. The number of unbranched alkanes of at least 4 members (excludes halogenated alkanes) is 36. The maximum absolute atomic E-state index is 12.8. The number of carbonyl (C=O) groups excluding carboxylic acids is 2. The van der Waals surface area contributed by atoms with E-state index in [0.29, 0.717) is 6.42 Å². The largest absolute Gasteiger partial charge is 0.472 e. The van der Waals surface area contributed by atoms with E-state index in [-0.39, 0.29) is 38.6 Å². The number of carbonyl (C=O) groups is 2. The van der Waals surface area contributed by atoms with Crippen LogP contribution in [0.1, 0.15) is 348 Å². The molecule has 3 N–H and O–H groups in total. The van der Waals surface area contributed by atoms with E-state index in [4.69, 9.17) is 24.3 Å². The molecule has 0 spiro atoms. The lowest BCUT2D eigenvalue weighted by molar-refractivity contribution is -0.161. The fourth-order valence-electron chi connectivity index (χ4n) is 11.0. The molecule has 0 heterocycles. The Bertz CT molecular complexity index is 2080. The maximum atomic E-state index is 12.8. The molecule has 10 heteroatoms. The van der Waals surface area contributed by atoms with Gasteiger partial charge in [-0.05, 0) is 116 Å². The molecule has 0 aromatic heterocycles. The minimum atomic E-state index is -4.40. The molecular weight excluding hydrogens is 1190 g/mol. The van der Waals surface area contributed by atoms with E-state index in [1.165, 1.54) is 199 Å². The lowest BCUT2D eigenvalue weighted by Crippen LogP contribution is -2.29. The van der Waals surface area contributed by atoms with Crippen molar-refractivity contribution >= 4 is 19.8 Å². The van der Waals surface area contributed by atoms with Gasteiger partial charge in [0.25, 0.3) is 0 Å². The molecule has 9 nitrogen and oxygen atoms in total. The third-order valence-corrected chi connectivity index (χ3v) is 17.7. The minimum absolute atomic E-state index is 0.0504. The zero-order chi connectivity index (χ0) is 68.6. The van der Waals surface area contributed by atoms with Crippen molar-refractivity contribution in [2.45, 2.75) is 354 Å². The summed E-state index contributed by atoms with van der Waals surface area (Å²) in [5.41, 5.74) is 5.42. The second-order valence-electron chi connectivity index (χ2n) is 25.8. The van der Waals surface area contributed by atoms with E-state index in [1.54, 1.807) is 0 Å². The molecule has 0 aliphatic heterocycles. The standard InChI is InChI=1S/C85H146NO8P/c1-3-5-7-9-11-13-15-17-19-21-23-25-27-29-31-33-35-37-39-40-41-42-44-46-48-50-52-54-56-58-60-62-64-66-68-70-72-74-76-78-85(88)94-83(82-93-95(89,90)92-80-79-86)81-91-84(87)77-75-73-71-69-67-65-63-61-59-57-55-53-51-49-47-45-43-38-36-34-32-30-28-26-24-22-20-18-16-14-12-10-8-6-4-2/h5-8,11-14,17-20,23-26,29-32,35,37,40-41,83H,3-4,9-10,15-16,21-22,27-28,33-34,36,38-39,42-82,86H2,1-2H3,(H,89,90)/b7-5-,8-6-,13-11-,14-12-,19-17-,20-18-,25-23-,26-24-,31-29-,32-30-,37-35-,41-40-. The Balaban J connectivity index is 3.83. The van der Waals surface area contributed by atoms with Gasteiger partial charge in [-0.3, -0.25) is 18.6 Å². The molecule has 0 rings (SSSR count). The number of phosphoric acid groups is 1. The molecular formula is C85H146NO8P. The van der Waals surface area contributed by atoms with Gasteiger partial charge >= 0.3 is 19.8 Å². The lowest BCUT2D eigenvalue weighted by Gasteiger charge is -2.19. The van der Waals surface area contributed by atoms with Crippen LogP contribution in [0.15, 0.2) is 146 Å². The van der Waals surface area contributed by atoms with Gasteiger partial charge in [0.05, 0.1) is 13.2 Å². The highest BCUT2D eigenvalue weighted by atomic mass is 31.2. The zero-order valence-electron chi connectivity index (χ0n) is 61.4. The smallest absolute Gasteiger partial charge is 0.462 e. The van der Waals surface area contributed by atoms with Crippen molar-refractivity contribution in [3.63, 3.8) is 0 Å². The Morgan fingerprint density at radius 2 is 0.547 bits per heavy atom. The van der Waals surface area contributed by atoms with Crippen molar-refractivity contribution in [1.82, 2.24) is 0 Å². The molecule has 0 aliphatic carbocycles. The van der Waals surface area contributed by atoms with E-state index < -0.39 is 26.5 Å². The number of phosphoric ester groups is 1. The fraction of sp³-hybridized carbons (Fsp3) is 0.694. The first-order valence-corrected chi connectivity index (χ1v) is 40.8. The highest BCUT2D eigenvalue weighted by Gasteiger charge is 2.26. The van der Waals surface area contributed by atoms with Crippen molar-refractivity contribution < 1.29 is 37.6 Å². The summed E-state index contributed by atoms with van der Waals surface area (Å²) < 4.78 is 33.3. The van der Waals surface area contributed by atoms with Gasteiger partial charge in [0.2, 0.25) is 0 Å². The lowest BCUT2D eigenvalue weighted by atomic mass is 10.0. The molecule has 0 radical (unpaired) electrons. The summed E-state index contributed by atoms with van der Waals surface area (Å²) in [6, 6.07) is 0. The van der Waals surface area contributed by atoms with Gasteiger partial charge < -0.3 is 20.1 Å². The summed E-state index contributed by atoms with van der Waals surface area (Å²) in [6.07, 6.45) is 114. The van der Waals surface area contributed by atoms with Gasteiger partial charge in [-0.25, -0.2) is 4.57 Å². The molecule has 0 saturated heterocycles. The Labute approximate surface area is 586 Å². The molecule has 95 heavy (non-hydrogen) atoms. The van der Waals surface area contributed by atoms with E-state index in [0.717, 1.165) is 116 Å². The van der Waals surface area contributed by atoms with E-state index in [9.17, 15) is 19.0 Å². The molecule has 0 aliphatic rings. The highest BCUT2D eigenvalue weighted by Crippen LogP contribution is 2.43. The van der Waals surface area contributed by atoms with Crippen LogP contribution >= 0.6 is 7.82 Å². The summed E-state index contributed by atoms with van der Waals surface area (Å²) in [6.45, 7) is 3.55. The van der Waals surface area contributed by atoms with Crippen LogP contribution in [-0.4, -0.2) is 49.3 Å². The predicted molar refractivity (Wildman–Crippen MR) is 413 cm³/mol. The topological polar surface area (TPSA) is 134 Å². The molecule has 0 fully saturated rings. The summed E-state index contributed by atoms with van der Waals surface area (Å²) >= 11 is 0. The Hall–Kier alpha value is -4.11. The first kappa shape index (κ1) is 90.9. The van der Waals surface area contributed by atoms with E-state index in [1.807, 2.05) is 0 Å². The second kappa shape index (κ2) is 78.9. The van der Waals surface area contributed by atoms with Gasteiger partial charge in [0.1, 0.15) is 6.61 Å². The van der Waals surface area contributed by atoms with Crippen molar-refractivity contribution in [2.24, 2.45) is 5.73 Å². The Morgan fingerprint density at radius 3 is 0.811 bits per heavy atom. The number of nitrogens with two attached hydrogens (primary N) is 1. The van der Waals surface area contributed by atoms with E-state index in [2.05, 4.69) is 160 Å². The van der Waals surface area contributed by atoms with Crippen LogP contribution in [0.5, 0.6) is 0 Å². The third kappa shape index (κ3) is 78.8. The van der Waals surface area contributed by atoms with Gasteiger partial charge in [0.15, 0.2) is 6.10 Å². The summed E-state index contributed by atoms with van der Waals surface area (Å²) in [7, 11) is -4.40. The monoisotopic (exact) mass is 1340 g/mol. The molecule has 0 saturated carbocycles. The minimum Gasteiger partial charge on any atom is -0.462 e. The second-order valence-corrected chi connectivity index (χ2v) is 27.3. The van der Waals surface area contributed by atoms with Gasteiger partial charge in [0, 0.05) is 19.4 Å². The average molecular weight is 1340 g/mol. The SMILES string of the molecule is CC/C=C\C/C=C\C/C=C\C/C=C\C/C=C\C/C=C\C/C=C\CCCCCCCCCCCCCCCCCCCC(=O)OC(COC(=O)CCCCCCCCCCCCCCCCCCCCC/C=C\C/C=C\C/C=C\C/C=C\C/C=C\CC)COP(=O)(O)OCCN. The Morgan fingerprint density at radius 1 is 0.316 bits per heavy atom. The van der Waals surface area contributed by atoms with Crippen molar-refractivity contribution in [3.8, 4) is 0 Å². The van der Waals surface area contributed by atoms with Crippen molar-refractivity contribution in [2.75, 3.05) is 26.4 Å². The maximum Gasteiger partial charge on any atom is 0.472 e. The van der Waals surface area contributed by atoms with Gasteiger partial charge in [-0.1, -0.05) is 365 Å². The van der Waals surface area contributed by atoms with Gasteiger partial charge in [-0.15, -0.1) is 0 Å². The average Bonchev–Trinajstić information content (AvgIpc) is 3.16. The molecule has 0 aromatic rings. The first-order valence-electron chi connectivity index (χ1n) is 39.3. The van der Waals surface area contributed by atoms with Crippen LogP contribution in [0.2, 0.25) is 0 Å². The summed E-state index contributed by atoms with van der Waals surface area (Å²) in [5.74, 6) is -0.818. The van der Waals surface area contributed by atoms with Crippen LogP contribution in [0.25, 0.3) is 0 Å². The predicted octanol–water partition coefficient (Wildman–Crippen LogP) is 26.5. The van der Waals surface area contributed by atoms with Crippen LogP contribution in [0.3, 0.4) is 0 Å². The number of ether oxygens (including phenoxy) is 2. The van der Waals surface area contributed by atoms with Crippen LogP contribution < -0.4 is 5.73 Å². The van der Waals surface area contributed by atoms with Crippen LogP contribution in [0, 0.1) is 0 Å².